The van der Waals surface area contributed by atoms with E-state index in [2.05, 4.69) is 4.98 Å². The minimum absolute atomic E-state index is 0.126. The molecule has 2 aromatic rings. The van der Waals surface area contributed by atoms with Crippen molar-refractivity contribution in [3.8, 4) is 11.1 Å². The highest BCUT2D eigenvalue weighted by Crippen LogP contribution is 2.32. The van der Waals surface area contributed by atoms with Crippen LogP contribution in [-0.2, 0) is 0 Å². The second kappa shape index (κ2) is 6.13. The van der Waals surface area contributed by atoms with Gasteiger partial charge in [0.15, 0.2) is 0 Å². The number of aromatic carboxylic acids is 1. The van der Waals surface area contributed by atoms with Crippen molar-refractivity contribution in [3.63, 3.8) is 0 Å². The van der Waals surface area contributed by atoms with Gasteiger partial charge in [0.25, 0.3) is 0 Å². The summed E-state index contributed by atoms with van der Waals surface area (Å²) in [7, 11) is 3.51. The molecular weight excluding hydrogens is 283 g/mol. The average molecular weight is 302 g/mol. The van der Waals surface area contributed by atoms with Gasteiger partial charge in [-0.15, -0.1) is 0 Å². The molecule has 0 bridgehead atoms. The van der Waals surface area contributed by atoms with Crippen molar-refractivity contribution >= 4 is 11.8 Å². The van der Waals surface area contributed by atoms with Crippen LogP contribution in [0.1, 0.15) is 35.8 Å². The number of rotatable bonds is 4. The summed E-state index contributed by atoms with van der Waals surface area (Å²) >= 11 is 0. The highest BCUT2D eigenvalue weighted by molar-refractivity contribution is 6.01. The molecule has 0 saturated carbocycles. The SMILES string of the molecule is CC(C)c1cc(-c2ccc(F)cc2)c(C(=O)O)c(N(C)C)n1. The molecule has 0 atom stereocenters. The second-order valence-electron chi connectivity index (χ2n) is 5.65. The normalized spacial score (nSPS) is 10.8. The Kier molecular flexibility index (Phi) is 4.45. The Morgan fingerprint density at radius 2 is 1.82 bits per heavy atom. The number of nitrogens with zero attached hydrogens (tertiary/aromatic N) is 2. The lowest BCUT2D eigenvalue weighted by atomic mass is 9.96. The highest BCUT2D eigenvalue weighted by Gasteiger charge is 2.22. The quantitative estimate of drug-likeness (QED) is 0.934. The molecule has 4 nitrogen and oxygen atoms in total. The molecule has 0 radical (unpaired) electrons. The van der Waals surface area contributed by atoms with Crippen molar-refractivity contribution in [1.82, 2.24) is 4.98 Å². The Bertz CT molecular complexity index is 695. The molecule has 0 saturated heterocycles. The van der Waals surface area contributed by atoms with Gasteiger partial charge in [-0.25, -0.2) is 14.2 Å². The maximum atomic E-state index is 13.1. The monoisotopic (exact) mass is 302 g/mol. The van der Waals surface area contributed by atoms with E-state index in [0.717, 1.165) is 5.69 Å². The van der Waals surface area contributed by atoms with Crippen molar-refractivity contribution < 1.29 is 14.3 Å². The van der Waals surface area contributed by atoms with E-state index < -0.39 is 5.97 Å². The molecule has 1 aromatic carbocycles. The van der Waals surface area contributed by atoms with Gasteiger partial charge in [0.2, 0.25) is 0 Å². The standard InChI is InChI=1S/C17H19FN2O2/c1-10(2)14-9-13(11-5-7-12(18)8-6-11)15(17(21)22)16(19-14)20(3)4/h5-10H,1-4H3,(H,21,22). The summed E-state index contributed by atoms with van der Waals surface area (Å²) in [6, 6.07) is 7.59. The number of hydrogen-bond donors (Lipinski definition) is 1. The predicted octanol–water partition coefficient (Wildman–Crippen LogP) is 3.78. The van der Waals surface area contributed by atoms with Crippen LogP contribution < -0.4 is 4.90 Å². The maximum absolute atomic E-state index is 13.1. The number of carboxylic acid groups (broad SMARTS) is 1. The summed E-state index contributed by atoms with van der Waals surface area (Å²) in [6.45, 7) is 3.99. The molecule has 1 aromatic heterocycles. The smallest absolute Gasteiger partial charge is 0.340 e. The number of pyridine rings is 1. The minimum atomic E-state index is -1.05. The van der Waals surface area contributed by atoms with Gasteiger partial charge in [-0.2, -0.15) is 0 Å². The fraction of sp³-hybridized carbons (Fsp3) is 0.294. The van der Waals surface area contributed by atoms with E-state index in [-0.39, 0.29) is 17.3 Å². The summed E-state index contributed by atoms with van der Waals surface area (Å²) in [5.41, 5.74) is 2.13. The van der Waals surface area contributed by atoms with E-state index in [1.54, 1.807) is 37.2 Å². The van der Waals surface area contributed by atoms with Gasteiger partial charge in [0.1, 0.15) is 17.2 Å². The number of halogens is 1. The third-order valence-electron chi connectivity index (χ3n) is 3.40. The fourth-order valence-electron chi connectivity index (χ4n) is 2.24. The van der Waals surface area contributed by atoms with Crippen molar-refractivity contribution in [1.29, 1.82) is 0 Å². The summed E-state index contributed by atoms with van der Waals surface area (Å²) in [4.78, 5) is 17.9. The molecule has 0 unspecified atom stereocenters. The molecule has 116 valence electrons. The van der Waals surface area contributed by atoms with E-state index in [4.69, 9.17) is 0 Å². The number of benzene rings is 1. The third-order valence-corrected chi connectivity index (χ3v) is 3.40. The Morgan fingerprint density at radius 3 is 2.27 bits per heavy atom. The molecule has 1 heterocycles. The van der Waals surface area contributed by atoms with E-state index in [0.29, 0.717) is 16.9 Å². The molecule has 22 heavy (non-hydrogen) atoms. The van der Waals surface area contributed by atoms with Gasteiger partial charge in [-0.05, 0) is 29.7 Å². The first-order chi connectivity index (χ1) is 10.3. The highest BCUT2D eigenvalue weighted by atomic mass is 19.1. The van der Waals surface area contributed by atoms with Gasteiger partial charge in [0, 0.05) is 25.4 Å². The summed E-state index contributed by atoms with van der Waals surface area (Å²) < 4.78 is 13.1. The summed E-state index contributed by atoms with van der Waals surface area (Å²) in [5.74, 6) is -0.851. The Labute approximate surface area is 129 Å². The van der Waals surface area contributed by atoms with Gasteiger partial charge >= 0.3 is 5.97 Å². The zero-order valence-corrected chi connectivity index (χ0v) is 13.1. The van der Waals surface area contributed by atoms with Crippen LogP contribution in [0.3, 0.4) is 0 Å². The summed E-state index contributed by atoms with van der Waals surface area (Å²) in [6.07, 6.45) is 0. The van der Waals surface area contributed by atoms with Gasteiger partial charge in [0.05, 0.1) is 0 Å². The number of hydrogen-bond acceptors (Lipinski definition) is 3. The molecular formula is C17H19FN2O2. The van der Waals surface area contributed by atoms with Crippen LogP contribution in [0.15, 0.2) is 30.3 Å². The first-order valence-corrected chi connectivity index (χ1v) is 7.02. The van der Waals surface area contributed by atoms with Crippen molar-refractivity contribution in [2.45, 2.75) is 19.8 Å². The van der Waals surface area contributed by atoms with Crippen LogP contribution in [0.25, 0.3) is 11.1 Å². The molecule has 0 amide bonds. The van der Waals surface area contributed by atoms with Gasteiger partial charge < -0.3 is 10.0 Å². The fourth-order valence-corrected chi connectivity index (χ4v) is 2.24. The lowest BCUT2D eigenvalue weighted by molar-refractivity contribution is 0.0698. The van der Waals surface area contributed by atoms with Crippen molar-refractivity contribution in [2.24, 2.45) is 0 Å². The van der Waals surface area contributed by atoms with Crippen molar-refractivity contribution in [2.75, 3.05) is 19.0 Å². The Morgan fingerprint density at radius 1 is 1.23 bits per heavy atom. The van der Waals surface area contributed by atoms with E-state index >= 15 is 0 Å². The Balaban J connectivity index is 2.78. The summed E-state index contributed by atoms with van der Waals surface area (Å²) in [5, 5.41) is 9.60. The lowest BCUT2D eigenvalue weighted by Crippen LogP contribution is -2.18. The van der Waals surface area contributed by atoms with Crippen LogP contribution in [0.2, 0.25) is 0 Å². The molecule has 0 aliphatic heterocycles. The van der Waals surface area contributed by atoms with Gasteiger partial charge in [-0.1, -0.05) is 26.0 Å². The zero-order valence-electron chi connectivity index (χ0n) is 13.1. The Hall–Kier alpha value is -2.43. The molecule has 0 aliphatic rings. The van der Waals surface area contributed by atoms with E-state index in [9.17, 15) is 14.3 Å². The van der Waals surface area contributed by atoms with Crippen LogP contribution in [0, 0.1) is 5.82 Å². The molecule has 2 rings (SSSR count). The predicted molar refractivity (Wildman–Crippen MR) is 85.0 cm³/mol. The molecule has 0 spiro atoms. The first kappa shape index (κ1) is 15.9. The molecule has 1 N–H and O–H groups in total. The van der Waals surface area contributed by atoms with E-state index in [1.807, 2.05) is 13.8 Å². The van der Waals surface area contributed by atoms with Crippen LogP contribution in [0.4, 0.5) is 10.2 Å². The zero-order chi connectivity index (χ0) is 16.4. The number of anilines is 1. The van der Waals surface area contributed by atoms with Crippen LogP contribution in [0.5, 0.6) is 0 Å². The van der Waals surface area contributed by atoms with E-state index in [1.165, 1.54) is 12.1 Å². The minimum Gasteiger partial charge on any atom is -0.478 e. The number of carbonyl (C=O) groups is 1. The molecule has 0 aliphatic carbocycles. The van der Waals surface area contributed by atoms with Crippen molar-refractivity contribution in [3.05, 3.63) is 47.4 Å². The lowest BCUT2D eigenvalue weighted by Gasteiger charge is -2.20. The number of carboxylic acids is 1. The first-order valence-electron chi connectivity index (χ1n) is 7.02. The van der Waals surface area contributed by atoms with Crippen LogP contribution in [-0.4, -0.2) is 30.2 Å². The topological polar surface area (TPSA) is 53.4 Å². The number of aromatic nitrogens is 1. The molecule has 5 heteroatoms. The largest absolute Gasteiger partial charge is 0.478 e. The average Bonchev–Trinajstić information content (AvgIpc) is 2.46. The second-order valence-corrected chi connectivity index (χ2v) is 5.65. The third kappa shape index (κ3) is 3.08. The van der Waals surface area contributed by atoms with Crippen LogP contribution >= 0.6 is 0 Å². The molecule has 0 fully saturated rings. The van der Waals surface area contributed by atoms with Gasteiger partial charge in [-0.3, -0.25) is 0 Å². The maximum Gasteiger partial charge on any atom is 0.340 e.